The Labute approximate surface area is 132 Å². The smallest absolute Gasteiger partial charge is 0.227 e. The minimum atomic E-state index is -0.522. The van der Waals surface area contributed by atoms with Gasteiger partial charge in [-0.1, -0.05) is 29.8 Å². The second-order valence-electron chi connectivity index (χ2n) is 5.17. The molecule has 0 radical (unpaired) electrons. The van der Waals surface area contributed by atoms with Crippen molar-refractivity contribution in [3.63, 3.8) is 0 Å². The van der Waals surface area contributed by atoms with Crippen molar-refractivity contribution >= 4 is 29.0 Å². The van der Waals surface area contributed by atoms with Crippen LogP contribution in [0.4, 0.5) is 10.1 Å². The molecule has 22 heavy (non-hydrogen) atoms. The van der Waals surface area contributed by atoms with Crippen molar-refractivity contribution in [2.24, 2.45) is 0 Å². The zero-order chi connectivity index (χ0) is 15.7. The van der Waals surface area contributed by atoms with Crippen LogP contribution in [0.3, 0.4) is 0 Å². The lowest BCUT2D eigenvalue weighted by molar-refractivity contribution is -0.118. The van der Waals surface area contributed by atoms with Gasteiger partial charge in [0, 0.05) is 18.4 Å². The first kappa shape index (κ1) is 14.7. The highest BCUT2D eigenvalue weighted by Crippen LogP contribution is 2.28. The second kappa shape index (κ2) is 5.89. The molecule has 5 heteroatoms. The van der Waals surface area contributed by atoms with Crippen molar-refractivity contribution in [2.75, 3.05) is 4.90 Å². The SMILES string of the molecule is O=C1CCC(=O)N(Cc2ccc(Cl)c(F)c2)c2ccccc21. The lowest BCUT2D eigenvalue weighted by Crippen LogP contribution is -2.29. The largest absolute Gasteiger partial charge is 0.307 e. The van der Waals surface area contributed by atoms with Crippen LogP contribution in [0.1, 0.15) is 28.8 Å². The van der Waals surface area contributed by atoms with Gasteiger partial charge in [0.25, 0.3) is 0 Å². The maximum atomic E-state index is 13.6. The molecular formula is C17H13ClFNO2. The number of para-hydroxylation sites is 1. The molecule has 3 nitrogen and oxygen atoms in total. The monoisotopic (exact) mass is 317 g/mol. The third-order valence-electron chi connectivity index (χ3n) is 3.69. The van der Waals surface area contributed by atoms with E-state index >= 15 is 0 Å². The first-order valence-electron chi connectivity index (χ1n) is 6.93. The summed E-state index contributed by atoms with van der Waals surface area (Å²) in [5.74, 6) is -0.715. The molecule has 0 spiro atoms. The van der Waals surface area contributed by atoms with E-state index in [1.807, 2.05) is 0 Å². The summed E-state index contributed by atoms with van der Waals surface area (Å²) in [4.78, 5) is 26.0. The number of halogens is 2. The summed E-state index contributed by atoms with van der Waals surface area (Å²) in [7, 11) is 0. The third kappa shape index (κ3) is 2.74. The van der Waals surface area contributed by atoms with Gasteiger partial charge in [-0.2, -0.15) is 0 Å². The number of hydrogen-bond acceptors (Lipinski definition) is 2. The van der Waals surface area contributed by atoms with E-state index in [9.17, 15) is 14.0 Å². The van der Waals surface area contributed by atoms with Gasteiger partial charge in [0.15, 0.2) is 5.78 Å². The number of Topliss-reactive ketones (excluding diaryl/α,β-unsaturated/α-hetero) is 1. The van der Waals surface area contributed by atoms with E-state index in [0.29, 0.717) is 16.8 Å². The van der Waals surface area contributed by atoms with Crippen LogP contribution in [0.5, 0.6) is 0 Å². The Morgan fingerprint density at radius 2 is 1.86 bits per heavy atom. The molecule has 3 rings (SSSR count). The van der Waals surface area contributed by atoms with Crippen LogP contribution in [-0.2, 0) is 11.3 Å². The fraction of sp³-hybridized carbons (Fsp3) is 0.176. The minimum absolute atomic E-state index is 0.0431. The first-order valence-corrected chi connectivity index (χ1v) is 7.30. The number of fused-ring (bicyclic) bond motifs is 1. The number of amides is 1. The Kier molecular flexibility index (Phi) is 3.94. The summed E-state index contributed by atoms with van der Waals surface area (Å²) in [6.07, 6.45) is 0.352. The number of rotatable bonds is 2. The molecule has 1 amide bonds. The lowest BCUT2D eigenvalue weighted by Gasteiger charge is -2.22. The standard InChI is InChI=1S/C17H13ClFNO2/c18-13-6-5-11(9-14(13)19)10-20-15-4-2-1-3-12(15)16(21)7-8-17(20)22/h1-6,9H,7-8,10H2. The molecule has 0 saturated heterocycles. The van der Waals surface area contributed by atoms with Crippen molar-refractivity contribution in [3.05, 3.63) is 64.4 Å². The van der Waals surface area contributed by atoms with Gasteiger partial charge >= 0.3 is 0 Å². The van der Waals surface area contributed by atoms with Crippen LogP contribution >= 0.6 is 11.6 Å². The van der Waals surface area contributed by atoms with E-state index < -0.39 is 5.82 Å². The van der Waals surface area contributed by atoms with Crippen LogP contribution in [0, 0.1) is 5.82 Å². The molecule has 112 valence electrons. The van der Waals surface area contributed by atoms with Gasteiger partial charge in [-0.05, 0) is 29.8 Å². The van der Waals surface area contributed by atoms with E-state index in [4.69, 9.17) is 11.6 Å². The Bertz CT molecular complexity index is 760. The molecule has 0 saturated carbocycles. The molecule has 1 heterocycles. The van der Waals surface area contributed by atoms with Crippen molar-refractivity contribution in [1.82, 2.24) is 0 Å². The molecular weight excluding hydrogens is 305 g/mol. The van der Waals surface area contributed by atoms with Crippen molar-refractivity contribution in [1.29, 1.82) is 0 Å². The highest BCUT2D eigenvalue weighted by Gasteiger charge is 2.26. The Morgan fingerprint density at radius 1 is 1.09 bits per heavy atom. The van der Waals surface area contributed by atoms with Gasteiger partial charge in [0.2, 0.25) is 5.91 Å². The highest BCUT2D eigenvalue weighted by atomic mass is 35.5. The van der Waals surface area contributed by atoms with E-state index in [2.05, 4.69) is 0 Å². The molecule has 0 bridgehead atoms. The van der Waals surface area contributed by atoms with E-state index in [-0.39, 0.29) is 36.1 Å². The average Bonchev–Trinajstić information content (AvgIpc) is 2.63. The quantitative estimate of drug-likeness (QED) is 0.840. The van der Waals surface area contributed by atoms with Crippen molar-refractivity contribution in [3.8, 4) is 0 Å². The molecule has 0 fully saturated rings. The fourth-order valence-electron chi connectivity index (χ4n) is 2.56. The summed E-state index contributed by atoms with van der Waals surface area (Å²) < 4.78 is 13.6. The van der Waals surface area contributed by atoms with E-state index in [1.54, 1.807) is 30.3 Å². The normalized spacial score (nSPS) is 14.7. The van der Waals surface area contributed by atoms with Gasteiger partial charge < -0.3 is 4.90 Å². The Morgan fingerprint density at radius 3 is 2.64 bits per heavy atom. The van der Waals surface area contributed by atoms with Crippen LogP contribution in [0.25, 0.3) is 0 Å². The number of carbonyl (C=O) groups is 2. The molecule has 0 atom stereocenters. The molecule has 0 aromatic heterocycles. The number of anilines is 1. The van der Waals surface area contributed by atoms with Crippen LogP contribution in [0.2, 0.25) is 5.02 Å². The summed E-state index contributed by atoms with van der Waals surface area (Å²) in [5, 5.41) is 0.0431. The molecule has 1 aliphatic heterocycles. The molecule has 0 aliphatic carbocycles. The van der Waals surface area contributed by atoms with Crippen molar-refractivity contribution in [2.45, 2.75) is 19.4 Å². The Balaban J connectivity index is 2.00. The van der Waals surface area contributed by atoms with Gasteiger partial charge in [0.1, 0.15) is 5.82 Å². The molecule has 2 aromatic carbocycles. The predicted octanol–water partition coefficient (Wildman–Crippen LogP) is 3.99. The third-order valence-corrected chi connectivity index (χ3v) is 3.99. The molecule has 0 unspecified atom stereocenters. The van der Waals surface area contributed by atoms with Gasteiger partial charge in [-0.3, -0.25) is 9.59 Å². The number of nitrogens with zero attached hydrogens (tertiary/aromatic N) is 1. The summed E-state index contributed by atoms with van der Waals surface area (Å²) in [6, 6.07) is 11.5. The van der Waals surface area contributed by atoms with E-state index in [0.717, 1.165) is 0 Å². The van der Waals surface area contributed by atoms with Gasteiger partial charge in [-0.15, -0.1) is 0 Å². The maximum absolute atomic E-state index is 13.6. The number of hydrogen-bond donors (Lipinski definition) is 0. The average molecular weight is 318 g/mol. The van der Waals surface area contributed by atoms with E-state index in [1.165, 1.54) is 17.0 Å². The molecule has 1 aliphatic rings. The molecule has 0 N–H and O–H groups in total. The van der Waals surface area contributed by atoms with Crippen molar-refractivity contribution < 1.29 is 14.0 Å². The number of benzene rings is 2. The first-order chi connectivity index (χ1) is 10.6. The number of ketones is 1. The van der Waals surface area contributed by atoms with Crippen LogP contribution in [-0.4, -0.2) is 11.7 Å². The lowest BCUT2D eigenvalue weighted by atomic mass is 10.1. The summed E-state index contributed by atoms with van der Waals surface area (Å²) in [5.41, 5.74) is 1.73. The predicted molar refractivity (Wildman–Crippen MR) is 82.6 cm³/mol. The summed E-state index contributed by atoms with van der Waals surface area (Å²) in [6.45, 7) is 0.206. The minimum Gasteiger partial charge on any atom is -0.307 e. The highest BCUT2D eigenvalue weighted by molar-refractivity contribution is 6.30. The topological polar surface area (TPSA) is 37.4 Å². The zero-order valence-corrected chi connectivity index (χ0v) is 12.4. The Hall–Kier alpha value is -2.20. The van der Waals surface area contributed by atoms with Crippen LogP contribution < -0.4 is 4.90 Å². The van der Waals surface area contributed by atoms with Gasteiger partial charge in [0.05, 0.1) is 17.3 Å². The number of carbonyl (C=O) groups excluding carboxylic acids is 2. The maximum Gasteiger partial charge on any atom is 0.227 e. The van der Waals surface area contributed by atoms with Crippen LogP contribution in [0.15, 0.2) is 42.5 Å². The van der Waals surface area contributed by atoms with Gasteiger partial charge in [-0.25, -0.2) is 4.39 Å². The second-order valence-corrected chi connectivity index (χ2v) is 5.58. The summed E-state index contributed by atoms with van der Waals surface area (Å²) >= 11 is 5.68. The fourth-order valence-corrected chi connectivity index (χ4v) is 2.68. The molecule has 2 aromatic rings. The zero-order valence-electron chi connectivity index (χ0n) is 11.7.